The van der Waals surface area contributed by atoms with Gasteiger partial charge in [0.2, 0.25) is 0 Å². The first kappa shape index (κ1) is 12.3. The van der Waals surface area contributed by atoms with Crippen molar-refractivity contribution in [3.63, 3.8) is 0 Å². The Morgan fingerprint density at radius 3 is 2.28 bits per heavy atom. The van der Waals surface area contributed by atoms with E-state index < -0.39 is 0 Å². The number of nitrogens with two attached hydrogens (primary N) is 1. The zero-order valence-corrected chi connectivity index (χ0v) is 10.9. The number of nitrogen functional groups attached to an aromatic ring is 1. The van der Waals surface area contributed by atoms with Crippen LogP contribution in [0.4, 0.5) is 17.1 Å². The summed E-state index contributed by atoms with van der Waals surface area (Å²) >= 11 is 0. The molecule has 0 bridgehead atoms. The lowest BCUT2D eigenvalue weighted by atomic mass is 10.2. The summed E-state index contributed by atoms with van der Waals surface area (Å²) in [6, 6.07) is 16.3. The van der Waals surface area contributed by atoms with E-state index in [0.717, 1.165) is 23.5 Å². The van der Waals surface area contributed by atoms with Crippen molar-refractivity contribution in [1.29, 1.82) is 0 Å². The zero-order chi connectivity index (χ0) is 13.0. The molecule has 0 spiro atoms. The standard InChI is InChI=1S/C15H19N3/c1-18(2)14-9-7-13(8-10-14)17-11-12-5-3-4-6-15(12)16/h3-10,17H,11,16H2,1-2H3. The zero-order valence-electron chi connectivity index (χ0n) is 10.9. The molecule has 0 heterocycles. The van der Waals surface area contributed by atoms with Crippen molar-refractivity contribution in [2.24, 2.45) is 0 Å². The number of nitrogens with one attached hydrogen (secondary N) is 1. The van der Waals surface area contributed by atoms with Crippen molar-refractivity contribution < 1.29 is 0 Å². The van der Waals surface area contributed by atoms with Crippen molar-refractivity contribution >= 4 is 17.1 Å². The van der Waals surface area contributed by atoms with Crippen LogP contribution in [0.5, 0.6) is 0 Å². The van der Waals surface area contributed by atoms with E-state index in [1.54, 1.807) is 0 Å². The van der Waals surface area contributed by atoms with Crippen LogP contribution in [0.2, 0.25) is 0 Å². The lowest BCUT2D eigenvalue weighted by molar-refractivity contribution is 1.12. The minimum absolute atomic E-state index is 0.744. The molecule has 2 aromatic carbocycles. The smallest absolute Gasteiger partial charge is 0.0421 e. The molecule has 0 atom stereocenters. The molecule has 3 nitrogen and oxygen atoms in total. The Labute approximate surface area is 108 Å². The second-order valence-corrected chi connectivity index (χ2v) is 4.49. The summed E-state index contributed by atoms with van der Waals surface area (Å²) in [6.07, 6.45) is 0. The quantitative estimate of drug-likeness (QED) is 0.809. The van der Waals surface area contributed by atoms with Crippen LogP contribution in [0.25, 0.3) is 0 Å². The first-order valence-electron chi connectivity index (χ1n) is 6.01. The number of para-hydroxylation sites is 1. The monoisotopic (exact) mass is 241 g/mol. The normalized spacial score (nSPS) is 10.1. The van der Waals surface area contributed by atoms with Gasteiger partial charge >= 0.3 is 0 Å². The molecule has 0 aromatic heterocycles. The number of benzene rings is 2. The van der Waals surface area contributed by atoms with E-state index in [0.29, 0.717) is 0 Å². The summed E-state index contributed by atoms with van der Waals surface area (Å²) in [7, 11) is 4.07. The minimum atomic E-state index is 0.744. The largest absolute Gasteiger partial charge is 0.398 e. The van der Waals surface area contributed by atoms with Crippen molar-refractivity contribution in [1.82, 2.24) is 0 Å². The maximum absolute atomic E-state index is 5.90. The van der Waals surface area contributed by atoms with Crippen molar-refractivity contribution in [2.45, 2.75) is 6.54 Å². The highest BCUT2D eigenvalue weighted by Gasteiger charge is 1.99. The lowest BCUT2D eigenvalue weighted by Crippen LogP contribution is -2.08. The Kier molecular flexibility index (Phi) is 3.72. The van der Waals surface area contributed by atoms with Crippen LogP contribution in [0, 0.1) is 0 Å². The highest BCUT2D eigenvalue weighted by Crippen LogP contribution is 2.17. The second-order valence-electron chi connectivity index (χ2n) is 4.49. The SMILES string of the molecule is CN(C)c1ccc(NCc2ccccc2N)cc1. The number of anilines is 3. The average molecular weight is 241 g/mol. The predicted octanol–water partition coefficient (Wildman–Crippen LogP) is 2.95. The molecule has 0 aliphatic rings. The van der Waals surface area contributed by atoms with E-state index in [1.807, 2.05) is 38.4 Å². The van der Waals surface area contributed by atoms with E-state index in [4.69, 9.17) is 5.73 Å². The van der Waals surface area contributed by atoms with Gasteiger partial charge < -0.3 is 16.0 Å². The van der Waals surface area contributed by atoms with Gasteiger partial charge in [0, 0.05) is 37.7 Å². The fourth-order valence-corrected chi connectivity index (χ4v) is 1.77. The molecule has 0 unspecified atom stereocenters. The van der Waals surface area contributed by atoms with E-state index in [-0.39, 0.29) is 0 Å². The lowest BCUT2D eigenvalue weighted by Gasteiger charge is -2.13. The van der Waals surface area contributed by atoms with Crippen LogP contribution in [0.15, 0.2) is 48.5 Å². The third-order valence-corrected chi connectivity index (χ3v) is 2.92. The van der Waals surface area contributed by atoms with Gasteiger partial charge in [-0.05, 0) is 35.9 Å². The first-order chi connectivity index (χ1) is 8.66. The first-order valence-corrected chi connectivity index (χ1v) is 6.01. The molecule has 94 valence electrons. The number of nitrogens with zero attached hydrogens (tertiary/aromatic N) is 1. The second kappa shape index (κ2) is 5.45. The van der Waals surface area contributed by atoms with E-state index in [1.165, 1.54) is 5.69 Å². The summed E-state index contributed by atoms with van der Waals surface area (Å²) < 4.78 is 0. The summed E-state index contributed by atoms with van der Waals surface area (Å²) in [5, 5.41) is 3.37. The maximum Gasteiger partial charge on any atom is 0.0421 e. The van der Waals surface area contributed by atoms with Crippen molar-refractivity contribution in [2.75, 3.05) is 30.0 Å². The molecule has 3 heteroatoms. The van der Waals surface area contributed by atoms with E-state index in [2.05, 4.69) is 34.5 Å². The molecule has 0 amide bonds. The predicted molar refractivity (Wildman–Crippen MR) is 79.0 cm³/mol. The molecule has 0 saturated heterocycles. The molecular formula is C15H19N3. The van der Waals surface area contributed by atoms with Crippen LogP contribution >= 0.6 is 0 Å². The van der Waals surface area contributed by atoms with Crippen LogP contribution in [0.3, 0.4) is 0 Å². The number of hydrogen-bond acceptors (Lipinski definition) is 3. The molecule has 18 heavy (non-hydrogen) atoms. The molecule has 2 rings (SSSR count). The van der Waals surface area contributed by atoms with Gasteiger partial charge in [-0.3, -0.25) is 0 Å². The Morgan fingerprint density at radius 2 is 1.67 bits per heavy atom. The number of hydrogen-bond donors (Lipinski definition) is 2. The summed E-state index contributed by atoms with van der Waals surface area (Å²) in [5.74, 6) is 0. The molecule has 0 aliphatic carbocycles. The van der Waals surface area contributed by atoms with Gasteiger partial charge in [0.1, 0.15) is 0 Å². The van der Waals surface area contributed by atoms with Gasteiger partial charge in [-0.1, -0.05) is 18.2 Å². The van der Waals surface area contributed by atoms with Gasteiger partial charge in [0.25, 0.3) is 0 Å². The Morgan fingerprint density at radius 1 is 1.00 bits per heavy atom. The molecule has 0 saturated carbocycles. The summed E-state index contributed by atoms with van der Waals surface area (Å²) in [6.45, 7) is 0.744. The van der Waals surface area contributed by atoms with Crippen LogP contribution in [0.1, 0.15) is 5.56 Å². The van der Waals surface area contributed by atoms with Gasteiger partial charge in [-0.25, -0.2) is 0 Å². The third kappa shape index (κ3) is 2.94. The molecule has 3 N–H and O–H groups in total. The maximum atomic E-state index is 5.90. The minimum Gasteiger partial charge on any atom is -0.398 e. The van der Waals surface area contributed by atoms with Crippen LogP contribution < -0.4 is 16.0 Å². The van der Waals surface area contributed by atoms with Gasteiger partial charge in [-0.2, -0.15) is 0 Å². The Hall–Kier alpha value is -2.16. The average Bonchev–Trinajstić information content (AvgIpc) is 2.38. The van der Waals surface area contributed by atoms with Crippen molar-refractivity contribution in [3.05, 3.63) is 54.1 Å². The van der Waals surface area contributed by atoms with Crippen LogP contribution in [-0.4, -0.2) is 14.1 Å². The highest BCUT2D eigenvalue weighted by molar-refractivity contribution is 5.55. The molecule has 0 radical (unpaired) electrons. The van der Waals surface area contributed by atoms with Gasteiger partial charge in [0.05, 0.1) is 0 Å². The van der Waals surface area contributed by atoms with E-state index >= 15 is 0 Å². The van der Waals surface area contributed by atoms with Crippen LogP contribution in [-0.2, 0) is 6.54 Å². The molecule has 0 aliphatic heterocycles. The molecule has 2 aromatic rings. The Bertz CT molecular complexity index is 503. The topological polar surface area (TPSA) is 41.3 Å². The molecular weight excluding hydrogens is 222 g/mol. The Balaban J connectivity index is 2.00. The third-order valence-electron chi connectivity index (χ3n) is 2.92. The fourth-order valence-electron chi connectivity index (χ4n) is 1.77. The van der Waals surface area contributed by atoms with Crippen molar-refractivity contribution in [3.8, 4) is 0 Å². The molecule has 0 fully saturated rings. The number of rotatable bonds is 4. The van der Waals surface area contributed by atoms with E-state index in [9.17, 15) is 0 Å². The fraction of sp³-hybridized carbons (Fsp3) is 0.200. The van der Waals surface area contributed by atoms with Gasteiger partial charge in [-0.15, -0.1) is 0 Å². The summed E-state index contributed by atoms with van der Waals surface area (Å²) in [5.41, 5.74) is 10.1. The summed E-state index contributed by atoms with van der Waals surface area (Å²) in [4.78, 5) is 2.08. The highest BCUT2D eigenvalue weighted by atomic mass is 15.1. The van der Waals surface area contributed by atoms with Gasteiger partial charge in [0.15, 0.2) is 0 Å².